The van der Waals surface area contributed by atoms with Gasteiger partial charge in [-0.25, -0.2) is 9.78 Å². The molecule has 12 heteroatoms. The van der Waals surface area contributed by atoms with E-state index < -0.39 is 6.04 Å². The molecule has 0 radical (unpaired) electrons. The van der Waals surface area contributed by atoms with E-state index in [2.05, 4.69) is 37.5 Å². The van der Waals surface area contributed by atoms with Crippen LogP contribution in [0.15, 0.2) is 84.6 Å². The number of benzodiazepines with no additional fused rings is 1. The number of carbonyl (C=O) groups is 3. The van der Waals surface area contributed by atoms with Crippen molar-refractivity contribution in [3.63, 3.8) is 0 Å². The summed E-state index contributed by atoms with van der Waals surface area (Å²) in [6, 6.07) is 15.4. The van der Waals surface area contributed by atoms with Gasteiger partial charge in [0.15, 0.2) is 0 Å². The monoisotopic (exact) mass is 629 g/mol. The highest BCUT2D eigenvalue weighted by atomic mass is 16.2. The maximum absolute atomic E-state index is 13.6. The first-order chi connectivity index (χ1) is 22.7. The van der Waals surface area contributed by atoms with E-state index in [0.29, 0.717) is 41.7 Å². The number of hydrogen-bond acceptors (Lipinski definition) is 8. The van der Waals surface area contributed by atoms with Crippen LogP contribution in [0.4, 0.5) is 39.3 Å². The number of hydrogen-bond donors (Lipinski definition) is 3. The van der Waals surface area contributed by atoms with E-state index in [1.807, 2.05) is 56.3 Å². The summed E-state index contributed by atoms with van der Waals surface area (Å²) in [5.41, 5.74) is 6.63. The molecule has 1 atom stereocenters. The molecule has 0 saturated carbocycles. The standard InChI is InChI=1S/C35H35N9O3/c1-5-6-10-27-26-9-7-8-11-28(26)41-33(46)29(40-27)17-31(45)38-24-14-12-21(2)30(16-24)44-20-23-18-37-34(42-32(23)43(4)35(44)47)39-25-15-13-22(3)36-19-25/h5,7-9,11-16,18-19,29H,1,6,10,17,20H2,2-4H3,(H,38,45)(H,41,46)(H,37,39,42)/t29-/m0/s1. The molecule has 4 heterocycles. The number of amides is 4. The predicted octanol–water partition coefficient (Wildman–Crippen LogP) is 5.91. The van der Waals surface area contributed by atoms with Crippen molar-refractivity contribution in [1.29, 1.82) is 0 Å². The Morgan fingerprint density at radius 2 is 1.87 bits per heavy atom. The lowest BCUT2D eigenvalue weighted by molar-refractivity contribution is -0.122. The number of carbonyl (C=O) groups excluding carboxylic acids is 3. The first kappa shape index (κ1) is 31.1. The van der Waals surface area contributed by atoms with Gasteiger partial charge in [-0.15, -0.1) is 6.58 Å². The largest absolute Gasteiger partial charge is 0.330 e. The zero-order valence-corrected chi connectivity index (χ0v) is 26.4. The molecular formula is C35H35N9O3. The lowest BCUT2D eigenvalue weighted by atomic mass is 10.0. The van der Waals surface area contributed by atoms with E-state index in [0.717, 1.165) is 33.8 Å². The number of para-hydroxylation sites is 1. The minimum Gasteiger partial charge on any atom is -0.326 e. The SMILES string of the molecule is C=CCCC1=N[C@@H](CC(=O)Nc2ccc(C)c(N3Cc4cnc(Nc5ccc(C)nc5)nc4N(C)C3=O)c2)C(=O)Nc2ccccc21. The molecule has 0 fully saturated rings. The Morgan fingerprint density at radius 1 is 1.06 bits per heavy atom. The second kappa shape index (κ2) is 13.2. The van der Waals surface area contributed by atoms with Crippen LogP contribution in [0.25, 0.3) is 0 Å². The van der Waals surface area contributed by atoms with Gasteiger partial charge in [-0.05, 0) is 62.6 Å². The van der Waals surface area contributed by atoms with Crippen LogP contribution in [0.3, 0.4) is 0 Å². The van der Waals surface area contributed by atoms with Crippen molar-refractivity contribution in [3.05, 3.63) is 102 Å². The molecule has 6 rings (SSSR count). The fourth-order valence-corrected chi connectivity index (χ4v) is 5.55. The molecule has 0 saturated heterocycles. The Hall–Kier alpha value is -5.91. The van der Waals surface area contributed by atoms with E-state index >= 15 is 0 Å². The number of anilines is 6. The van der Waals surface area contributed by atoms with Crippen LogP contribution in [0.2, 0.25) is 0 Å². The van der Waals surface area contributed by atoms with E-state index in [4.69, 9.17) is 4.99 Å². The Balaban J connectivity index is 1.18. The van der Waals surface area contributed by atoms with Crippen molar-refractivity contribution in [2.24, 2.45) is 4.99 Å². The Bertz CT molecular complexity index is 1900. The highest BCUT2D eigenvalue weighted by molar-refractivity contribution is 6.13. The maximum Gasteiger partial charge on any atom is 0.330 e. The van der Waals surface area contributed by atoms with Gasteiger partial charge in [0.2, 0.25) is 17.8 Å². The summed E-state index contributed by atoms with van der Waals surface area (Å²) in [7, 11) is 1.67. The van der Waals surface area contributed by atoms with Gasteiger partial charge in [-0.3, -0.25) is 29.4 Å². The number of pyridine rings is 1. The summed E-state index contributed by atoms with van der Waals surface area (Å²) in [6.45, 7) is 7.85. The number of nitrogens with one attached hydrogen (secondary N) is 3. The van der Waals surface area contributed by atoms with Gasteiger partial charge < -0.3 is 16.0 Å². The molecule has 2 aliphatic rings. The first-order valence-electron chi connectivity index (χ1n) is 15.3. The molecule has 12 nitrogen and oxygen atoms in total. The summed E-state index contributed by atoms with van der Waals surface area (Å²) in [6.07, 6.45) is 6.34. The summed E-state index contributed by atoms with van der Waals surface area (Å²) in [5, 5.41) is 8.95. The molecule has 2 aliphatic heterocycles. The summed E-state index contributed by atoms with van der Waals surface area (Å²) in [5.74, 6) is 0.138. The summed E-state index contributed by atoms with van der Waals surface area (Å²) < 4.78 is 0. The number of urea groups is 1. The number of fused-ring (bicyclic) bond motifs is 2. The molecule has 47 heavy (non-hydrogen) atoms. The van der Waals surface area contributed by atoms with Crippen LogP contribution in [0.1, 0.15) is 41.6 Å². The number of rotatable bonds is 9. The zero-order chi connectivity index (χ0) is 33.1. The molecule has 0 spiro atoms. The van der Waals surface area contributed by atoms with Crippen LogP contribution < -0.4 is 25.8 Å². The minimum atomic E-state index is -0.900. The highest BCUT2D eigenvalue weighted by Crippen LogP contribution is 2.33. The van der Waals surface area contributed by atoms with Crippen LogP contribution in [0, 0.1) is 13.8 Å². The number of aliphatic imine (C=N–C) groups is 1. The molecule has 0 bridgehead atoms. The van der Waals surface area contributed by atoms with Crippen molar-refractivity contribution in [3.8, 4) is 0 Å². The van der Waals surface area contributed by atoms with Gasteiger partial charge >= 0.3 is 6.03 Å². The fraction of sp³-hybridized carbons (Fsp3) is 0.229. The Morgan fingerprint density at radius 3 is 2.66 bits per heavy atom. The van der Waals surface area contributed by atoms with Gasteiger partial charge in [0, 0.05) is 47.2 Å². The van der Waals surface area contributed by atoms with Crippen molar-refractivity contribution in [2.75, 3.05) is 32.8 Å². The van der Waals surface area contributed by atoms with Crippen molar-refractivity contribution < 1.29 is 14.4 Å². The molecule has 3 N–H and O–H groups in total. The summed E-state index contributed by atoms with van der Waals surface area (Å²) in [4.78, 5) is 61.1. The minimum absolute atomic E-state index is 0.147. The van der Waals surface area contributed by atoms with Gasteiger partial charge in [0.05, 0.1) is 30.5 Å². The van der Waals surface area contributed by atoms with E-state index in [1.54, 1.807) is 42.6 Å². The number of aryl methyl sites for hydroxylation is 2. The van der Waals surface area contributed by atoms with Crippen molar-refractivity contribution in [1.82, 2.24) is 15.0 Å². The quantitative estimate of drug-likeness (QED) is 0.195. The van der Waals surface area contributed by atoms with Gasteiger partial charge in [-0.1, -0.05) is 30.3 Å². The molecule has 4 amide bonds. The topological polar surface area (TPSA) is 145 Å². The third kappa shape index (κ3) is 6.71. The third-order valence-corrected chi connectivity index (χ3v) is 8.03. The van der Waals surface area contributed by atoms with Crippen LogP contribution in [0.5, 0.6) is 0 Å². The second-order valence-electron chi connectivity index (χ2n) is 11.5. The van der Waals surface area contributed by atoms with Gasteiger partial charge in [-0.2, -0.15) is 4.98 Å². The number of nitrogens with zero attached hydrogens (tertiary/aromatic N) is 6. The van der Waals surface area contributed by atoms with E-state index in [-0.39, 0.29) is 30.8 Å². The van der Waals surface area contributed by atoms with Crippen LogP contribution in [-0.2, 0) is 16.1 Å². The maximum atomic E-state index is 13.6. The second-order valence-corrected chi connectivity index (χ2v) is 11.5. The van der Waals surface area contributed by atoms with Crippen LogP contribution in [-0.4, -0.2) is 51.6 Å². The normalized spacial score (nSPS) is 15.6. The lowest BCUT2D eigenvalue weighted by Crippen LogP contribution is -2.46. The first-order valence-corrected chi connectivity index (χ1v) is 15.3. The van der Waals surface area contributed by atoms with Crippen LogP contribution >= 0.6 is 0 Å². The molecule has 0 aliphatic carbocycles. The van der Waals surface area contributed by atoms with E-state index in [9.17, 15) is 14.4 Å². The summed E-state index contributed by atoms with van der Waals surface area (Å²) >= 11 is 0. The smallest absolute Gasteiger partial charge is 0.326 e. The third-order valence-electron chi connectivity index (χ3n) is 8.03. The predicted molar refractivity (Wildman–Crippen MR) is 184 cm³/mol. The number of allylic oxidation sites excluding steroid dienone is 1. The average Bonchev–Trinajstić information content (AvgIpc) is 3.19. The van der Waals surface area contributed by atoms with Crippen molar-refractivity contribution in [2.45, 2.75) is 45.7 Å². The number of benzene rings is 2. The van der Waals surface area contributed by atoms with Crippen molar-refractivity contribution >= 4 is 58.1 Å². The molecule has 0 unspecified atom stereocenters. The Labute approximate surface area is 272 Å². The average molecular weight is 630 g/mol. The van der Waals surface area contributed by atoms with E-state index in [1.165, 1.54) is 4.90 Å². The fourth-order valence-electron chi connectivity index (χ4n) is 5.55. The molecule has 4 aromatic rings. The molecular weight excluding hydrogens is 594 g/mol. The van der Waals surface area contributed by atoms with Gasteiger partial charge in [0.25, 0.3) is 0 Å². The Kier molecular flexibility index (Phi) is 8.74. The lowest BCUT2D eigenvalue weighted by Gasteiger charge is -2.35. The molecule has 2 aromatic carbocycles. The molecule has 2 aromatic heterocycles. The highest BCUT2D eigenvalue weighted by Gasteiger charge is 2.32. The van der Waals surface area contributed by atoms with Gasteiger partial charge in [0.1, 0.15) is 11.9 Å². The molecule has 238 valence electrons. The number of aromatic nitrogens is 3. The zero-order valence-electron chi connectivity index (χ0n) is 26.4.